The number of carboxylic acids is 2. The maximum atomic E-state index is 12.7. The quantitative estimate of drug-likeness (QED) is 0.0268. The van der Waals surface area contributed by atoms with Crippen LogP contribution >= 0.6 is 31.9 Å². The first kappa shape index (κ1) is 89.8. The number of halogens is 2. The lowest BCUT2D eigenvalue weighted by Crippen LogP contribution is -2.41. The van der Waals surface area contributed by atoms with E-state index in [1.807, 2.05) is 84.9 Å². The zero-order chi connectivity index (χ0) is 84.0. The molecule has 1 aliphatic heterocycles. The number of benzene rings is 8. The van der Waals surface area contributed by atoms with Crippen LogP contribution in [0, 0.1) is 0 Å². The van der Waals surface area contributed by atoms with Crippen LogP contribution in [0.1, 0.15) is 158 Å². The standard InChI is InChI=1S/C29H31NO8.C27H27NO8.C14H19BO5.C13H17Br2NO2/c1-29(2,3)38-28(35)30(4)16-20-13-17(18-8-11-22(24(31)14-18)26(33)36-5)7-10-21(20)19-9-12-23(25(32)15-19)27(34)37-6;1-27(2,3)36-26(35)28(4)14-18-11-15(16-6-9-20(24(31)32)22(29)12-16)5-8-19(18)17-7-10-21(25(33)34)23(30)13-17;1-13(2)14(3,4)20-15(19-13)9-6-7-10(11(16)8-9)12(17)18-5;1-13(2,3)18-12(17)16(4)8-9-7-10(14)5-6-11(9)15/h7-15,31-32H,16H2,1-6H3;5-13,29-30H,14H2,1-4H3,(H,31,32)(H,33,34);6-8,16H,1-5H3;5-7H,8H2,1-4H3. The van der Waals surface area contributed by atoms with E-state index >= 15 is 0 Å². The van der Waals surface area contributed by atoms with Gasteiger partial charge in [-0.3, -0.25) is 0 Å². The zero-order valence-corrected chi connectivity index (χ0v) is 69.0. The molecule has 0 aliphatic carbocycles. The molecular weight excluding hydrogens is 1580 g/mol. The monoisotopic (exact) mass is 1670 g/mol. The first-order valence-electron chi connectivity index (χ1n) is 34.7. The Balaban J connectivity index is 0.000000244. The summed E-state index contributed by atoms with van der Waals surface area (Å²) in [5.74, 6) is -5.81. The molecule has 26 nitrogen and oxygen atoms in total. The highest BCUT2D eigenvalue weighted by Crippen LogP contribution is 2.40. The molecule has 8 aromatic rings. The molecule has 0 aromatic heterocycles. The van der Waals surface area contributed by atoms with Gasteiger partial charge in [-0.2, -0.15) is 0 Å². The lowest BCUT2D eigenvalue weighted by molar-refractivity contribution is 0.00578. The molecule has 9 rings (SSSR count). The number of rotatable bonds is 16. The molecule has 1 aliphatic rings. The van der Waals surface area contributed by atoms with Gasteiger partial charge in [-0.1, -0.05) is 86.5 Å². The Hall–Kier alpha value is -11.1. The topological polar surface area (TPSA) is 362 Å². The number of ether oxygens (including phenoxy) is 6. The molecular formula is C83H94BBr2N3O23. The van der Waals surface area contributed by atoms with Gasteiger partial charge >= 0.3 is 55.2 Å². The van der Waals surface area contributed by atoms with Crippen molar-refractivity contribution in [3.8, 4) is 73.3 Å². The van der Waals surface area contributed by atoms with Crippen molar-refractivity contribution in [3.63, 3.8) is 0 Å². The number of phenolic OH excluding ortho intramolecular Hbond substituents is 3. The van der Waals surface area contributed by atoms with Crippen LogP contribution in [-0.4, -0.2) is 176 Å². The summed E-state index contributed by atoms with van der Waals surface area (Å²) in [6.07, 6.45) is -1.39. The molecule has 596 valence electrons. The third-order valence-corrected chi connectivity index (χ3v) is 18.3. The van der Waals surface area contributed by atoms with Crippen LogP contribution in [0.5, 0.6) is 28.7 Å². The molecule has 0 unspecified atom stereocenters. The molecule has 0 bridgehead atoms. The fraction of sp³-hybridized carbons (Fsp3) is 0.325. The predicted octanol–water partition coefficient (Wildman–Crippen LogP) is 16.6. The van der Waals surface area contributed by atoms with E-state index in [0.717, 1.165) is 14.5 Å². The largest absolute Gasteiger partial charge is 0.507 e. The molecule has 0 spiro atoms. The van der Waals surface area contributed by atoms with Gasteiger partial charge in [0.2, 0.25) is 0 Å². The van der Waals surface area contributed by atoms with Crippen molar-refractivity contribution < 1.29 is 112 Å². The molecule has 0 radical (unpaired) electrons. The fourth-order valence-corrected chi connectivity index (χ4v) is 11.5. The number of hydrogen-bond donors (Lipinski definition) is 7. The third-order valence-electron chi connectivity index (χ3n) is 17.1. The maximum absolute atomic E-state index is 12.7. The van der Waals surface area contributed by atoms with Gasteiger partial charge in [0.15, 0.2) is 0 Å². The van der Waals surface area contributed by atoms with Crippen LogP contribution in [0.15, 0.2) is 155 Å². The molecule has 29 heteroatoms. The average Bonchev–Trinajstić information content (AvgIpc) is 1.58. The van der Waals surface area contributed by atoms with Crippen LogP contribution < -0.4 is 5.46 Å². The first-order valence-corrected chi connectivity index (χ1v) is 36.3. The van der Waals surface area contributed by atoms with Gasteiger partial charge < -0.3 is 88.2 Å². The van der Waals surface area contributed by atoms with E-state index in [1.54, 1.807) is 116 Å². The van der Waals surface area contributed by atoms with E-state index in [2.05, 4.69) is 41.3 Å². The fourth-order valence-electron chi connectivity index (χ4n) is 10.7. The van der Waals surface area contributed by atoms with Crippen molar-refractivity contribution >= 4 is 92.6 Å². The van der Waals surface area contributed by atoms with E-state index in [-0.39, 0.29) is 70.0 Å². The number of hydrogen-bond acceptors (Lipinski definition) is 21. The molecule has 7 N–H and O–H groups in total. The van der Waals surface area contributed by atoms with Gasteiger partial charge in [0.05, 0.1) is 32.5 Å². The second kappa shape index (κ2) is 37.3. The number of carboxylic acid groups (broad SMARTS) is 2. The van der Waals surface area contributed by atoms with Crippen molar-refractivity contribution in [3.05, 3.63) is 199 Å². The lowest BCUT2D eigenvalue weighted by Gasteiger charge is -2.32. The first-order chi connectivity index (χ1) is 52.0. The smallest absolute Gasteiger partial charge is 0.494 e. The highest BCUT2D eigenvalue weighted by Gasteiger charge is 2.52. The summed E-state index contributed by atoms with van der Waals surface area (Å²) >= 11 is 6.89. The van der Waals surface area contributed by atoms with Crippen molar-refractivity contribution in [2.75, 3.05) is 42.5 Å². The number of esters is 3. The van der Waals surface area contributed by atoms with Gasteiger partial charge in [0.1, 0.15) is 73.4 Å². The Bertz CT molecular complexity index is 4810. The SMILES string of the molecule is CN(Cc1cc(-c2ccc(C(=O)O)c(O)c2)ccc1-c1ccc(C(=O)O)c(O)c1)C(=O)OC(C)(C)C.CN(Cc1cc(Br)ccc1Br)C(=O)OC(C)(C)C.COC(=O)c1ccc(-c2ccc(-c3ccc(C(=O)OC)c(O)c3)c(CN(C)C(=O)OC(C)(C)C)c2)cc1O.COC(=O)c1ccc(B2OC(C)(C)C(C)(C)O2)cc1O. The minimum absolute atomic E-state index is 0.0291. The molecule has 0 saturated carbocycles. The lowest BCUT2D eigenvalue weighted by atomic mass is 9.78. The van der Waals surface area contributed by atoms with E-state index in [1.165, 1.54) is 91.8 Å². The Kier molecular flexibility index (Phi) is 29.9. The third kappa shape index (κ3) is 24.4. The van der Waals surface area contributed by atoms with Crippen molar-refractivity contribution in [2.45, 2.75) is 138 Å². The molecule has 1 fully saturated rings. The minimum atomic E-state index is -1.26. The molecule has 3 amide bonds. The molecule has 1 saturated heterocycles. The number of phenols is 5. The van der Waals surface area contributed by atoms with E-state index < -0.39 is 82.9 Å². The number of aromatic hydroxyl groups is 5. The number of carbonyl (C=O) groups excluding carboxylic acids is 6. The van der Waals surface area contributed by atoms with Crippen LogP contribution in [0.4, 0.5) is 14.4 Å². The summed E-state index contributed by atoms with van der Waals surface area (Å²) in [5, 5.41) is 69.4. The van der Waals surface area contributed by atoms with Crippen molar-refractivity contribution in [2.24, 2.45) is 0 Å². The van der Waals surface area contributed by atoms with Crippen LogP contribution in [0.3, 0.4) is 0 Å². The molecule has 1 heterocycles. The number of aromatic carboxylic acids is 2. The summed E-state index contributed by atoms with van der Waals surface area (Å²) < 4.78 is 43.9. The Morgan fingerprint density at radius 1 is 0.384 bits per heavy atom. The Morgan fingerprint density at radius 2 is 0.670 bits per heavy atom. The zero-order valence-electron chi connectivity index (χ0n) is 65.8. The van der Waals surface area contributed by atoms with Crippen LogP contribution in [0.25, 0.3) is 44.5 Å². The molecule has 8 aromatic carbocycles. The minimum Gasteiger partial charge on any atom is -0.507 e. The van der Waals surface area contributed by atoms with Gasteiger partial charge in [-0.05, 0) is 248 Å². The number of methoxy groups -OCH3 is 3. The summed E-state index contributed by atoms with van der Waals surface area (Å²) in [5.41, 5.74) is 5.02. The van der Waals surface area contributed by atoms with Gasteiger partial charge in [0, 0.05) is 49.7 Å². The second-order valence-corrected chi connectivity index (χ2v) is 31.6. The Morgan fingerprint density at radius 3 is 0.982 bits per heavy atom. The highest BCUT2D eigenvalue weighted by molar-refractivity contribution is 9.11. The summed E-state index contributed by atoms with van der Waals surface area (Å²) in [6, 6.07) is 38.8. The predicted molar refractivity (Wildman–Crippen MR) is 428 cm³/mol. The average molecular weight is 1670 g/mol. The van der Waals surface area contributed by atoms with Crippen molar-refractivity contribution in [1.29, 1.82) is 0 Å². The highest BCUT2D eigenvalue weighted by atomic mass is 79.9. The van der Waals surface area contributed by atoms with Gasteiger partial charge in [-0.15, -0.1) is 0 Å². The number of amides is 3. The van der Waals surface area contributed by atoms with E-state index in [9.17, 15) is 74.1 Å². The maximum Gasteiger partial charge on any atom is 0.494 e. The van der Waals surface area contributed by atoms with Crippen LogP contribution in [-0.2, 0) is 57.4 Å². The van der Waals surface area contributed by atoms with E-state index in [4.69, 9.17) is 28.3 Å². The molecule has 0 atom stereocenters. The summed E-state index contributed by atoms with van der Waals surface area (Å²) in [7, 11) is 8.07. The van der Waals surface area contributed by atoms with Crippen LogP contribution in [0.2, 0.25) is 0 Å². The van der Waals surface area contributed by atoms with E-state index in [0.29, 0.717) is 67.6 Å². The second-order valence-electron chi connectivity index (χ2n) is 29.9. The van der Waals surface area contributed by atoms with Gasteiger partial charge in [-0.25, -0.2) is 38.4 Å². The summed E-state index contributed by atoms with van der Waals surface area (Å²) in [6.45, 7) is 24.7. The van der Waals surface area contributed by atoms with Gasteiger partial charge in [0.25, 0.3) is 0 Å². The number of carbonyl (C=O) groups is 8. The molecule has 112 heavy (non-hydrogen) atoms. The Labute approximate surface area is 667 Å². The normalized spacial score (nSPS) is 12.7. The number of nitrogens with zero attached hydrogens (tertiary/aromatic N) is 3. The van der Waals surface area contributed by atoms with Crippen molar-refractivity contribution in [1.82, 2.24) is 14.7 Å². The summed E-state index contributed by atoms with van der Waals surface area (Å²) in [4.78, 5) is 99.2.